The summed E-state index contributed by atoms with van der Waals surface area (Å²) in [6, 6.07) is 17.0. The molecule has 1 amide bonds. The van der Waals surface area contributed by atoms with Gasteiger partial charge in [0.2, 0.25) is 5.91 Å². The van der Waals surface area contributed by atoms with Gasteiger partial charge < -0.3 is 4.90 Å². The lowest BCUT2D eigenvalue weighted by molar-refractivity contribution is -0.137. The van der Waals surface area contributed by atoms with Crippen LogP contribution in [0.1, 0.15) is 43.7 Å². The van der Waals surface area contributed by atoms with Gasteiger partial charge in [0.25, 0.3) is 0 Å². The van der Waals surface area contributed by atoms with Crippen LogP contribution in [0.3, 0.4) is 0 Å². The van der Waals surface area contributed by atoms with Crippen LogP contribution in [0.2, 0.25) is 0 Å². The molecule has 0 saturated carbocycles. The Morgan fingerprint density at radius 1 is 1.04 bits per heavy atom. The summed E-state index contributed by atoms with van der Waals surface area (Å²) in [5.74, 6) is 0.224. The molecule has 4 heteroatoms. The van der Waals surface area contributed by atoms with Gasteiger partial charge in [-0.3, -0.25) is 9.69 Å². The Kier molecular flexibility index (Phi) is 7.61. The predicted molar refractivity (Wildman–Crippen MR) is 111 cm³/mol. The zero-order chi connectivity index (χ0) is 19.8. The van der Waals surface area contributed by atoms with Crippen molar-refractivity contribution in [2.24, 2.45) is 5.92 Å². The zero-order valence-corrected chi connectivity index (χ0v) is 16.8. The van der Waals surface area contributed by atoms with Gasteiger partial charge in [0.15, 0.2) is 0 Å². The molecule has 2 aromatic rings. The molecular formula is C24H31FN2O. The van der Waals surface area contributed by atoms with Gasteiger partial charge in [-0.15, -0.1) is 0 Å². The summed E-state index contributed by atoms with van der Waals surface area (Å²) in [5, 5.41) is 0. The van der Waals surface area contributed by atoms with E-state index < -0.39 is 0 Å². The van der Waals surface area contributed by atoms with Gasteiger partial charge in [-0.25, -0.2) is 4.39 Å². The second kappa shape index (κ2) is 10.4. The van der Waals surface area contributed by atoms with Crippen LogP contribution in [-0.2, 0) is 17.9 Å². The van der Waals surface area contributed by atoms with Gasteiger partial charge >= 0.3 is 0 Å². The Hall–Kier alpha value is -2.20. The SMILES string of the molecule is CCCCN(Cc1ccccc1)C(=O)C1CCN(Cc2ccc(F)cc2)CC1. The van der Waals surface area contributed by atoms with E-state index in [1.165, 1.54) is 17.7 Å². The van der Waals surface area contributed by atoms with Crippen molar-refractivity contribution in [2.75, 3.05) is 19.6 Å². The quantitative estimate of drug-likeness (QED) is 0.650. The van der Waals surface area contributed by atoms with E-state index >= 15 is 0 Å². The standard InChI is InChI=1S/C24H31FN2O/c1-2-3-15-27(19-20-7-5-4-6-8-20)24(28)22-13-16-26(17-14-22)18-21-9-11-23(25)12-10-21/h4-12,22H,2-3,13-19H2,1H3. The Bertz CT molecular complexity index is 724. The molecular weight excluding hydrogens is 351 g/mol. The Morgan fingerprint density at radius 2 is 1.71 bits per heavy atom. The summed E-state index contributed by atoms with van der Waals surface area (Å²) in [6.45, 7) is 6.36. The Balaban J connectivity index is 1.54. The summed E-state index contributed by atoms with van der Waals surface area (Å²) >= 11 is 0. The minimum atomic E-state index is -0.196. The molecule has 28 heavy (non-hydrogen) atoms. The van der Waals surface area contributed by atoms with Gasteiger partial charge in [-0.1, -0.05) is 55.8 Å². The Labute approximate surface area is 168 Å². The van der Waals surface area contributed by atoms with Crippen molar-refractivity contribution < 1.29 is 9.18 Å². The van der Waals surface area contributed by atoms with E-state index in [1.807, 2.05) is 30.3 Å². The molecule has 1 saturated heterocycles. The summed E-state index contributed by atoms with van der Waals surface area (Å²) in [4.78, 5) is 17.6. The molecule has 1 fully saturated rings. The molecule has 0 spiro atoms. The second-order valence-corrected chi connectivity index (χ2v) is 7.78. The first-order valence-electron chi connectivity index (χ1n) is 10.4. The van der Waals surface area contributed by atoms with Crippen LogP contribution in [0.15, 0.2) is 54.6 Å². The predicted octanol–water partition coefficient (Wildman–Crippen LogP) is 4.87. The molecule has 2 aromatic carbocycles. The molecule has 1 aliphatic rings. The number of amides is 1. The van der Waals surface area contributed by atoms with Crippen molar-refractivity contribution >= 4 is 5.91 Å². The average molecular weight is 383 g/mol. The lowest BCUT2D eigenvalue weighted by Crippen LogP contribution is -2.42. The van der Waals surface area contributed by atoms with Gasteiger partial charge in [-0.05, 0) is 55.6 Å². The fraction of sp³-hybridized carbons (Fsp3) is 0.458. The lowest BCUT2D eigenvalue weighted by Gasteiger charge is -2.34. The van der Waals surface area contributed by atoms with E-state index in [4.69, 9.17) is 0 Å². The molecule has 3 nitrogen and oxygen atoms in total. The monoisotopic (exact) mass is 382 g/mol. The Morgan fingerprint density at radius 3 is 2.36 bits per heavy atom. The van der Waals surface area contributed by atoms with Crippen molar-refractivity contribution in [3.8, 4) is 0 Å². The van der Waals surface area contributed by atoms with Gasteiger partial charge in [0.05, 0.1) is 0 Å². The molecule has 0 radical (unpaired) electrons. The fourth-order valence-electron chi connectivity index (χ4n) is 3.86. The van der Waals surface area contributed by atoms with Crippen LogP contribution < -0.4 is 0 Å². The highest BCUT2D eigenvalue weighted by Crippen LogP contribution is 2.22. The number of rotatable bonds is 8. The van der Waals surface area contributed by atoms with Crippen molar-refractivity contribution in [3.63, 3.8) is 0 Å². The molecule has 1 aliphatic heterocycles. The van der Waals surface area contributed by atoms with Crippen LogP contribution in [0.5, 0.6) is 0 Å². The molecule has 0 bridgehead atoms. The number of nitrogens with zero attached hydrogens (tertiary/aromatic N) is 2. The average Bonchev–Trinajstić information content (AvgIpc) is 2.73. The number of benzene rings is 2. The second-order valence-electron chi connectivity index (χ2n) is 7.78. The number of hydrogen-bond donors (Lipinski definition) is 0. The van der Waals surface area contributed by atoms with Crippen molar-refractivity contribution in [1.82, 2.24) is 9.80 Å². The molecule has 1 heterocycles. The summed E-state index contributed by atoms with van der Waals surface area (Å²) in [6.07, 6.45) is 3.94. The van der Waals surface area contributed by atoms with Crippen molar-refractivity contribution in [1.29, 1.82) is 0 Å². The molecule has 3 rings (SSSR count). The van der Waals surface area contributed by atoms with Gasteiger partial charge in [-0.2, -0.15) is 0 Å². The van der Waals surface area contributed by atoms with Crippen LogP contribution in [-0.4, -0.2) is 35.3 Å². The van der Waals surface area contributed by atoms with Crippen LogP contribution >= 0.6 is 0 Å². The van der Waals surface area contributed by atoms with Gasteiger partial charge in [0, 0.05) is 25.6 Å². The van der Waals surface area contributed by atoms with E-state index in [-0.39, 0.29) is 11.7 Å². The van der Waals surface area contributed by atoms with Crippen molar-refractivity contribution in [2.45, 2.75) is 45.7 Å². The summed E-state index contributed by atoms with van der Waals surface area (Å²) < 4.78 is 13.1. The first-order valence-corrected chi connectivity index (χ1v) is 10.4. The van der Waals surface area contributed by atoms with E-state index in [2.05, 4.69) is 28.9 Å². The summed E-state index contributed by atoms with van der Waals surface area (Å²) in [7, 11) is 0. The number of hydrogen-bond acceptors (Lipinski definition) is 2. The lowest BCUT2D eigenvalue weighted by atomic mass is 9.94. The summed E-state index contributed by atoms with van der Waals surface area (Å²) in [5.41, 5.74) is 2.32. The van der Waals surface area contributed by atoms with Gasteiger partial charge in [0.1, 0.15) is 5.82 Å². The van der Waals surface area contributed by atoms with E-state index in [1.54, 1.807) is 0 Å². The topological polar surface area (TPSA) is 23.6 Å². The first kappa shape index (κ1) is 20.5. The number of carbonyl (C=O) groups excluding carboxylic acids is 1. The van der Waals surface area contributed by atoms with E-state index in [0.29, 0.717) is 12.5 Å². The van der Waals surface area contributed by atoms with Crippen LogP contribution in [0, 0.1) is 11.7 Å². The smallest absolute Gasteiger partial charge is 0.226 e. The number of likely N-dealkylation sites (tertiary alicyclic amines) is 1. The van der Waals surface area contributed by atoms with E-state index in [9.17, 15) is 9.18 Å². The number of piperidine rings is 1. The molecule has 0 N–H and O–H groups in total. The molecule has 0 unspecified atom stereocenters. The van der Waals surface area contributed by atoms with Crippen LogP contribution in [0.25, 0.3) is 0 Å². The largest absolute Gasteiger partial charge is 0.338 e. The fourth-order valence-corrected chi connectivity index (χ4v) is 3.86. The van der Waals surface area contributed by atoms with Crippen molar-refractivity contribution in [3.05, 3.63) is 71.5 Å². The minimum absolute atomic E-state index is 0.116. The number of unbranched alkanes of at least 4 members (excludes halogenated alkanes) is 1. The van der Waals surface area contributed by atoms with E-state index in [0.717, 1.165) is 57.4 Å². The highest BCUT2D eigenvalue weighted by atomic mass is 19.1. The molecule has 0 aromatic heterocycles. The number of halogens is 1. The number of carbonyl (C=O) groups is 1. The molecule has 0 atom stereocenters. The third-order valence-corrected chi connectivity index (χ3v) is 5.57. The maximum Gasteiger partial charge on any atom is 0.226 e. The third kappa shape index (κ3) is 5.90. The first-order chi connectivity index (χ1) is 13.7. The maximum absolute atomic E-state index is 13.2. The highest BCUT2D eigenvalue weighted by Gasteiger charge is 2.28. The maximum atomic E-state index is 13.2. The zero-order valence-electron chi connectivity index (χ0n) is 16.8. The minimum Gasteiger partial charge on any atom is -0.338 e. The highest BCUT2D eigenvalue weighted by molar-refractivity contribution is 5.79. The normalized spacial score (nSPS) is 15.5. The molecule has 150 valence electrons. The third-order valence-electron chi connectivity index (χ3n) is 5.57. The molecule has 0 aliphatic carbocycles. The van der Waals surface area contributed by atoms with Crippen LogP contribution in [0.4, 0.5) is 4.39 Å².